The van der Waals surface area contributed by atoms with Crippen molar-refractivity contribution < 1.29 is 10.0 Å². The fourth-order valence-electron chi connectivity index (χ4n) is 3.22. The molecule has 1 aromatic carbocycles. The number of aromatic nitrogens is 2. The second-order valence-corrected chi connectivity index (χ2v) is 7.06. The summed E-state index contributed by atoms with van der Waals surface area (Å²) >= 11 is 6.00. The van der Waals surface area contributed by atoms with Gasteiger partial charge in [0, 0.05) is 17.6 Å². The quantitative estimate of drug-likeness (QED) is 0.345. The van der Waals surface area contributed by atoms with Crippen LogP contribution in [0.25, 0.3) is 6.08 Å². The van der Waals surface area contributed by atoms with Gasteiger partial charge in [-0.2, -0.15) is 0 Å². The van der Waals surface area contributed by atoms with E-state index in [-0.39, 0.29) is 5.54 Å². The molecule has 0 aliphatic carbocycles. The summed E-state index contributed by atoms with van der Waals surface area (Å²) in [5.74, 6) is 0.0608. The molecule has 1 amide bonds. The van der Waals surface area contributed by atoms with E-state index in [0.717, 1.165) is 37.4 Å². The van der Waals surface area contributed by atoms with E-state index in [1.165, 1.54) is 23.2 Å². The first kappa shape index (κ1) is 19.3. The van der Waals surface area contributed by atoms with Crippen molar-refractivity contribution in [3.8, 4) is 0 Å². The van der Waals surface area contributed by atoms with Gasteiger partial charge < -0.3 is 10.6 Å². The van der Waals surface area contributed by atoms with Gasteiger partial charge in [-0.15, -0.1) is 0 Å². The van der Waals surface area contributed by atoms with Crippen molar-refractivity contribution in [2.75, 3.05) is 18.4 Å². The molecule has 0 bridgehead atoms. The number of carbonyl (C=O) groups excluding carboxylic acids is 1. The second-order valence-electron chi connectivity index (χ2n) is 6.62. The van der Waals surface area contributed by atoms with Crippen molar-refractivity contribution >= 4 is 29.4 Å². The third-order valence-corrected chi connectivity index (χ3v) is 4.76. The largest absolute Gasteiger partial charge is 0.362 e. The van der Waals surface area contributed by atoms with Crippen LogP contribution in [-0.4, -0.2) is 39.7 Å². The lowest BCUT2D eigenvalue weighted by Crippen LogP contribution is -2.53. The zero-order valence-corrected chi connectivity index (χ0v) is 15.5. The van der Waals surface area contributed by atoms with Gasteiger partial charge in [0.25, 0.3) is 5.91 Å². The minimum Gasteiger partial charge on any atom is -0.362 e. The maximum atomic E-state index is 11.0. The van der Waals surface area contributed by atoms with E-state index in [9.17, 15) is 4.79 Å². The number of benzene rings is 1. The van der Waals surface area contributed by atoms with Gasteiger partial charge in [-0.3, -0.25) is 15.0 Å². The van der Waals surface area contributed by atoms with Crippen molar-refractivity contribution in [2.45, 2.75) is 24.8 Å². The smallest absolute Gasteiger partial charge is 0.267 e. The van der Waals surface area contributed by atoms with Crippen LogP contribution in [-0.2, 0) is 11.2 Å². The highest BCUT2D eigenvalue weighted by Gasteiger charge is 2.32. The molecule has 0 spiro atoms. The summed E-state index contributed by atoms with van der Waals surface area (Å²) < 4.78 is 0. The minimum atomic E-state index is -0.616. The Bertz CT molecular complexity index is 787. The van der Waals surface area contributed by atoms with Crippen LogP contribution < -0.4 is 16.1 Å². The number of nitrogens with one attached hydrogen (secondary N) is 3. The van der Waals surface area contributed by atoms with Crippen LogP contribution in [0.4, 0.5) is 5.82 Å². The molecule has 1 aromatic heterocycles. The molecule has 7 nitrogen and oxygen atoms in total. The van der Waals surface area contributed by atoms with E-state index in [1.54, 1.807) is 12.4 Å². The number of nitrogens with zero attached hydrogens (tertiary/aromatic N) is 2. The number of rotatable bonds is 6. The second kappa shape index (κ2) is 8.94. The average molecular weight is 388 g/mol. The van der Waals surface area contributed by atoms with Gasteiger partial charge in [0.05, 0.1) is 23.6 Å². The van der Waals surface area contributed by atoms with Gasteiger partial charge in [0.2, 0.25) is 0 Å². The van der Waals surface area contributed by atoms with E-state index in [4.69, 9.17) is 16.8 Å². The van der Waals surface area contributed by atoms with Crippen LogP contribution in [0.3, 0.4) is 0 Å². The molecule has 1 aliphatic rings. The lowest BCUT2D eigenvalue weighted by atomic mass is 9.84. The Morgan fingerprint density at radius 1 is 1.30 bits per heavy atom. The number of hydrogen-bond donors (Lipinski definition) is 4. The predicted octanol–water partition coefficient (Wildman–Crippen LogP) is 2.43. The van der Waals surface area contributed by atoms with Gasteiger partial charge in [-0.05, 0) is 49.6 Å². The Kier molecular flexibility index (Phi) is 6.39. The van der Waals surface area contributed by atoms with E-state index in [0.29, 0.717) is 11.5 Å². The van der Waals surface area contributed by atoms with Crippen LogP contribution in [0.1, 0.15) is 24.1 Å². The molecule has 2 heterocycles. The maximum absolute atomic E-state index is 11.0. The summed E-state index contributed by atoms with van der Waals surface area (Å²) in [6.07, 6.45) is 8.83. The minimum absolute atomic E-state index is 0.158. The predicted molar refractivity (Wildman–Crippen MR) is 105 cm³/mol. The fourth-order valence-corrected chi connectivity index (χ4v) is 3.35. The molecule has 0 radical (unpaired) electrons. The molecule has 1 saturated heterocycles. The summed E-state index contributed by atoms with van der Waals surface area (Å²) in [4.78, 5) is 19.7. The third kappa shape index (κ3) is 5.50. The van der Waals surface area contributed by atoms with Crippen LogP contribution in [0.15, 0.2) is 42.7 Å². The lowest BCUT2D eigenvalue weighted by molar-refractivity contribution is -0.124. The molecular weight excluding hydrogens is 366 g/mol. The molecule has 0 unspecified atom stereocenters. The van der Waals surface area contributed by atoms with Crippen molar-refractivity contribution in [1.82, 2.24) is 20.8 Å². The normalized spacial score (nSPS) is 19.8. The molecule has 1 atom stereocenters. The first-order valence-electron chi connectivity index (χ1n) is 8.76. The number of halogens is 1. The highest BCUT2D eigenvalue weighted by Crippen LogP contribution is 2.26. The highest BCUT2D eigenvalue weighted by atomic mass is 35.5. The maximum Gasteiger partial charge on any atom is 0.267 e. The van der Waals surface area contributed by atoms with Gasteiger partial charge in [-0.25, -0.2) is 10.5 Å². The average Bonchev–Trinajstić information content (AvgIpc) is 2.69. The third-order valence-electron chi connectivity index (χ3n) is 4.51. The summed E-state index contributed by atoms with van der Waals surface area (Å²) in [6.45, 7) is 1.84. The monoisotopic (exact) mass is 387 g/mol. The van der Waals surface area contributed by atoms with Crippen LogP contribution >= 0.6 is 11.6 Å². The van der Waals surface area contributed by atoms with E-state index in [1.807, 2.05) is 24.3 Å². The van der Waals surface area contributed by atoms with E-state index >= 15 is 0 Å². The zero-order valence-electron chi connectivity index (χ0n) is 14.8. The Balaban J connectivity index is 1.73. The topological polar surface area (TPSA) is 99.2 Å². The molecule has 1 fully saturated rings. The van der Waals surface area contributed by atoms with Crippen molar-refractivity contribution in [2.24, 2.45) is 0 Å². The Labute approximate surface area is 162 Å². The Morgan fingerprint density at radius 3 is 2.74 bits per heavy atom. The summed E-state index contributed by atoms with van der Waals surface area (Å²) in [7, 11) is 0. The van der Waals surface area contributed by atoms with Crippen molar-refractivity contribution in [1.29, 1.82) is 0 Å². The van der Waals surface area contributed by atoms with Gasteiger partial charge in [-0.1, -0.05) is 23.7 Å². The van der Waals surface area contributed by atoms with Crippen LogP contribution in [0, 0.1) is 0 Å². The Hall–Kier alpha value is -2.48. The van der Waals surface area contributed by atoms with Gasteiger partial charge in [0.15, 0.2) is 0 Å². The number of hydroxylamine groups is 1. The van der Waals surface area contributed by atoms with E-state index in [2.05, 4.69) is 20.6 Å². The van der Waals surface area contributed by atoms with E-state index < -0.39 is 5.91 Å². The molecule has 27 heavy (non-hydrogen) atoms. The molecule has 0 saturated carbocycles. The molecule has 1 aliphatic heterocycles. The number of amides is 1. The van der Waals surface area contributed by atoms with Crippen molar-refractivity contribution in [3.63, 3.8) is 0 Å². The molecular formula is C19H22ClN5O2. The van der Waals surface area contributed by atoms with Crippen molar-refractivity contribution in [3.05, 3.63) is 59.0 Å². The van der Waals surface area contributed by atoms with Crippen LogP contribution in [0.2, 0.25) is 5.02 Å². The van der Waals surface area contributed by atoms with Gasteiger partial charge >= 0.3 is 0 Å². The molecule has 2 aromatic rings. The molecule has 4 N–H and O–H groups in total. The number of anilines is 1. The number of hydrogen-bond acceptors (Lipinski definition) is 6. The lowest BCUT2D eigenvalue weighted by Gasteiger charge is -2.39. The highest BCUT2D eigenvalue weighted by molar-refractivity contribution is 6.30. The number of piperidine rings is 1. The summed E-state index contributed by atoms with van der Waals surface area (Å²) in [5, 5.41) is 16.2. The van der Waals surface area contributed by atoms with Gasteiger partial charge in [0.1, 0.15) is 5.82 Å². The number of carbonyl (C=O) groups is 1. The first-order chi connectivity index (χ1) is 13.1. The summed E-state index contributed by atoms with van der Waals surface area (Å²) in [6, 6.07) is 7.91. The summed E-state index contributed by atoms with van der Waals surface area (Å²) in [5.41, 5.74) is 3.11. The molecule has 8 heteroatoms. The fraction of sp³-hybridized carbons (Fsp3) is 0.316. The SMILES string of the molecule is O=C(/C=C/c1cnc(N[C@@]2(Cc3ccc(Cl)cc3)CCCNC2)cn1)NO. The standard InChI is InChI=1S/C19H22ClN5O2/c20-15-4-2-14(3-5-15)10-19(8-1-9-21-13-19)24-17-12-22-16(11-23-17)6-7-18(26)25-27/h2-7,11-12,21,27H,1,8-10,13H2,(H,23,24)(H,25,26)/b7-6+/t19-/m1/s1. The molecule has 142 valence electrons. The van der Waals surface area contributed by atoms with Crippen LogP contribution in [0.5, 0.6) is 0 Å². The molecule has 3 rings (SSSR count). The first-order valence-corrected chi connectivity index (χ1v) is 9.14. The Morgan fingerprint density at radius 2 is 2.11 bits per heavy atom. The zero-order chi connectivity index (χ0) is 19.1.